The average molecular weight is 460 g/mol. The van der Waals surface area contributed by atoms with Crippen LogP contribution in [0.15, 0.2) is 40.2 Å². The van der Waals surface area contributed by atoms with Gasteiger partial charge in [0.15, 0.2) is 0 Å². The second-order valence-corrected chi connectivity index (χ2v) is 10.1. The van der Waals surface area contributed by atoms with Crippen molar-refractivity contribution in [1.82, 2.24) is 19.3 Å². The number of halogens is 1. The zero-order chi connectivity index (χ0) is 23.0. The molecule has 2 aromatic heterocycles. The maximum absolute atomic E-state index is 14.9. The molecule has 32 heavy (non-hydrogen) atoms. The lowest BCUT2D eigenvalue weighted by molar-refractivity contribution is 0.516. The number of fused-ring (bicyclic) bond motifs is 1. The molecule has 170 valence electrons. The molecule has 4 rings (SSSR count). The molecule has 8 nitrogen and oxygen atoms in total. The van der Waals surface area contributed by atoms with Gasteiger partial charge in [0.25, 0.3) is 5.56 Å². The number of anilines is 2. The van der Waals surface area contributed by atoms with Crippen LogP contribution in [0.1, 0.15) is 51.1 Å². The van der Waals surface area contributed by atoms with Gasteiger partial charge in [-0.15, -0.1) is 0 Å². The predicted octanol–water partition coefficient (Wildman–Crippen LogP) is 3.78. The number of benzene rings is 1. The van der Waals surface area contributed by atoms with E-state index in [2.05, 4.69) is 20.0 Å². The summed E-state index contributed by atoms with van der Waals surface area (Å²) in [6.07, 6.45) is 5.62. The molecule has 1 saturated carbocycles. The number of aromatic nitrogens is 3. The third kappa shape index (κ3) is 4.24. The summed E-state index contributed by atoms with van der Waals surface area (Å²) in [7, 11) is -3.97. The van der Waals surface area contributed by atoms with Crippen LogP contribution in [0.5, 0.6) is 0 Å². The predicted molar refractivity (Wildman–Crippen MR) is 121 cm³/mol. The summed E-state index contributed by atoms with van der Waals surface area (Å²) < 4.78 is 43.8. The Bertz CT molecular complexity index is 1330. The van der Waals surface area contributed by atoms with E-state index in [1.807, 2.05) is 0 Å². The molecule has 3 aromatic rings. The van der Waals surface area contributed by atoms with Gasteiger partial charge in [-0.3, -0.25) is 9.36 Å². The second kappa shape index (κ2) is 8.59. The Morgan fingerprint density at radius 1 is 1.16 bits per heavy atom. The Kier molecular flexibility index (Phi) is 6.00. The molecule has 2 N–H and O–H groups in total. The van der Waals surface area contributed by atoms with E-state index in [0.29, 0.717) is 11.3 Å². The van der Waals surface area contributed by atoms with Gasteiger partial charge in [-0.2, -0.15) is 4.98 Å². The van der Waals surface area contributed by atoms with E-state index in [9.17, 15) is 17.6 Å². The fourth-order valence-electron chi connectivity index (χ4n) is 4.11. The first-order valence-corrected chi connectivity index (χ1v) is 12.1. The average Bonchev–Trinajstić information content (AvgIpc) is 3.24. The van der Waals surface area contributed by atoms with Crippen molar-refractivity contribution in [3.05, 3.63) is 52.2 Å². The van der Waals surface area contributed by atoms with E-state index in [1.165, 1.54) is 25.1 Å². The second-order valence-electron chi connectivity index (χ2n) is 8.40. The molecule has 1 aliphatic rings. The zero-order valence-corrected chi connectivity index (χ0v) is 19.0. The lowest BCUT2D eigenvalue weighted by Crippen LogP contribution is -2.31. The van der Waals surface area contributed by atoms with Crippen LogP contribution in [0, 0.1) is 12.7 Å². The molecule has 0 spiro atoms. The summed E-state index contributed by atoms with van der Waals surface area (Å²) in [6.45, 7) is 4.82. The summed E-state index contributed by atoms with van der Waals surface area (Å²) in [5.74, 6) is -0.639. The maximum Gasteiger partial charge on any atom is 0.252 e. The van der Waals surface area contributed by atoms with E-state index in [-0.39, 0.29) is 29.2 Å². The molecule has 0 bridgehead atoms. The molecule has 10 heteroatoms. The van der Waals surface area contributed by atoms with Crippen LogP contribution in [-0.4, -0.2) is 29.0 Å². The van der Waals surface area contributed by atoms with Gasteiger partial charge in [-0.25, -0.2) is 22.5 Å². The Hall–Kier alpha value is -2.85. The van der Waals surface area contributed by atoms with Crippen LogP contribution in [-0.2, 0) is 10.0 Å². The number of nitrogens with zero attached hydrogens (tertiary/aromatic N) is 3. The van der Waals surface area contributed by atoms with Gasteiger partial charge < -0.3 is 5.32 Å². The molecule has 0 aliphatic heterocycles. The van der Waals surface area contributed by atoms with Crippen molar-refractivity contribution in [3.63, 3.8) is 0 Å². The molecule has 1 aromatic carbocycles. The molecule has 1 fully saturated rings. The summed E-state index contributed by atoms with van der Waals surface area (Å²) in [6, 6.07) is 5.66. The van der Waals surface area contributed by atoms with Gasteiger partial charge in [0.2, 0.25) is 16.0 Å². The van der Waals surface area contributed by atoms with Crippen LogP contribution in [0.3, 0.4) is 0 Å². The lowest BCUT2D eigenvalue weighted by Gasteiger charge is -2.17. The smallest absolute Gasteiger partial charge is 0.252 e. The normalized spacial score (nSPS) is 15.0. The maximum atomic E-state index is 14.9. The third-order valence-corrected chi connectivity index (χ3v) is 7.31. The van der Waals surface area contributed by atoms with Crippen LogP contribution in [0.2, 0.25) is 0 Å². The van der Waals surface area contributed by atoms with Crippen LogP contribution in [0.4, 0.5) is 16.0 Å². The van der Waals surface area contributed by atoms with E-state index in [4.69, 9.17) is 0 Å². The highest BCUT2D eigenvalue weighted by molar-refractivity contribution is 7.89. The quantitative estimate of drug-likeness (QED) is 0.581. The number of nitrogens with one attached hydrogen (secondary N) is 2. The van der Waals surface area contributed by atoms with Crippen molar-refractivity contribution >= 4 is 32.7 Å². The highest BCUT2D eigenvalue weighted by Gasteiger charge is 2.23. The van der Waals surface area contributed by atoms with Crippen molar-refractivity contribution < 1.29 is 12.8 Å². The summed E-state index contributed by atoms with van der Waals surface area (Å²) in [4.78, 5) is 21.0. The van der Waals surface area contributed by atoms with E-state index < -0.39 is 20.7 Å². The minimum atomic E-state index is -3.97. The van der Waals surface area contributed by atoms with Crippen molar-refractivity contribution in [3.8, 4) is 0 Å². The van der Waals surface area contributed by atoms with Gasteiger partial charge in [-0.05, 0) is 51.8 Å². The molecule has 0 amide bonds. The monoisotopic (exact) mass is 459 g/mol. The van der Waals surface area contributed by atoms with E-state index in [1.54, 1.807) is 30.7 Å². The van der Waals surface area contributed by atoms with Gasteiger partial charge in [0.1, 0.15) is 16.4 Å². The number of hydrogen-bond acceptors (Lipinski definition) is 6. The minimum Gasteiger partial charge on any atom is -0.324 e. The van der Waals surface area contributed by atoms with Crippen molar-refractivity contribution in [2.75, 3.05) is 5.32 Å². The van der Waals surface area contributed by atoms with Crippen molar-refractivity contribution in [1.29, 1.82) is 0 Å². The largest absolute Gasteiger partial charge is 0.324 e. The molecule has 2 heterocycles. The number of hydrogen-bond donors (Lipinski definition) is 2. The fraction of sp³-hybridized carbons (Fsp3) is 0.409. The lowest BCUT2D eigenvalue weighted by atomic mass is 10.2. The van der Waals surface area contributed by atoms with Crippen molar-refractivity contribution in [2.45, 2.75) is 63.4 Å². The minimum absolute atomic E-state index is 0.103. The third-order valence-electron chi connectivity index (χ3n) is 5.63. The summed E-state index contributed by atoms with van der Waals surface area (Å²) in [5.41, 5.74) is 0.890. The highest BCUT2D eigenvalue weighted by atomic mass is 32.2. The van der Waals surface area contributed by atoms with E-state index in [0.717, 1.165) is 31.1 Å². The van der Waals surface area contributed by atoms with Crippen LogP contribution in [0.25, 0.3) is 11.0 Å². The number of pyridine rings is 1. The van der Waals surface area contributed by atoms with Gasteiger partial charge in [-0.1, -0.05) is 12.8 Å². The Labute approximate surface area is 186 Å². The number of rotatable bonds is 6. The Balaban J connectivity index is 1.71. The summed E-state index contributed by atoms with van der Waals surface area (Å²) in [5, 5.41) is 3.71. The van der Waals surface area contributed by atoms with E-state index >= 15 is 0 Å². The number of sulfonamides is 1. The Morgan fingerprint density at radius 3 is 2.56 bits per heavy atom. The first kappa shape index (κ1) is 22.3. The van der Waals surface area contributed by atoms with Crippen LogP contribution < -0.4 is 15.6 Å². The molecule has 0 saturated heterocycles. The molecular formula is C22H26FN5O3S. The Morgan fingerprint density at radius 2 is 1.88 bits per heavy atom. The molecular weight excluding hydrogens is 433 g/mol. The standard InChI is InChI=1S/C22H26FN5O3S/c1-13(2)27-32(30,31)18-10-9-17(14(3)20(18)23)25-22-24-12-15-8-11-19(29)28(21(15)26-22)16-6-4-5-7-16/h8-13,16,27H,4-7H2,1-3H3,(H,24,25,26). The SMILES string of the molecule is Cc1c(Nc2ncc3ccc(=O)n(C4CCCC4)c3n2)ccc(S(=O)(=O)NC(C)C)c1F. The molecule has 1 aliphatic carbocycles. The van der Waals surface area contributed by atoms with Crippen molar-refractivity contribution in [2.24, 2.45) is 0 Å². The van der Waals surface area contributed by atoms with Gasteiger partial charge >= 0.3 is 0 Å². The molecule has 0 unspecified atom stereocenters. The first-order chi connectivity index (χ1) is 15.2. The first-order valence-electron chi connectivity index (χ1n) is 10.6. The van der Waals surface area contributed by atoms with Gasteiger partial charge in [0.05, 0.1) is 0 Å². The zero-order valence-electron chi connectivity index (χ0n) is 18.2. The summed E-state index contributed by atoms with van der Waals surface area (Å²) >= 11 is 0. The molecule has 0 radical (unpaired) electrons. The van der Waals surface area contributed by atoms with Crippen LogP contribution >= 0.6 is 0 Å². The fourth-order valence-corrected chi connectivity index (χ4v) is 5.50. The highest BCUT2D eigenvalue weighted by Crippen LogP contribution is 2.31. The topological polar surface area (TPSA) is 106 Å². The molecule has 0 atom stereocenters. The van der Waals surface area contributed by atoms with Gasteiger partial charge in [0, 0.05) is 41.0 Å².